The van der Waals surface area contributed by atoms with Gasteiger partial charge in [0.15, 0.2) is 0 Å². The molecule has 2 unspecified atom stereocenters. The summed E-state index contributed by atoms with van der Waals surface area (Å²) in [6.07, 6.45) is 2.50. The quantitative estimate of drug-likeness (QED) is 0.904. The van der Waals surface area contributed by atoms with E-state index >= 15 is 0 Å². The van der Waals surface area contributed by atoms with Crippen molar-refractivity contribution in [3.63, 3.8) is 0 Å². The molecule has 0 aliphatic carbocycles. The van der Waals surface area contributed by atoms with E-state index in [1.807, 2.05) is 0 Å². The lowest BCUT2D eigenvalue weighted by Crippen LogP contribution is -2.46. The zero-order chi connectivity index (χ0) is 16.2. The number of amides is 1. The van der Waals surface area contributed by atoms with E-state index in [1.165, 1.54) is 23.5 Å². The Morgan fingerprint density at radius 2 is 2.22 bits per heavy atom. The number of halogens is 1. The van der Waals surface area contributed by atoms with Crippen LogP contribution in [-0.4, -0.2) is 29.5 Å². The first kappa shape index (κ1) is 16.1. The van der Waals surface area contributed by atoms with E-state index in [2.05, 4.69) is 22.5 Å². The molecule has 2 heterocycles. The van der Waals surface area contributed by atoms with Crippen LogP contribution in [0, 0.1) is 5.82 Å². The summed E-state index contributed by atoms with van der Waals surface area (Å²) in [4.78, 5) is 16.7. The molecule has 2 aromatic rings. The van der Waals surface area contributed by atoms with E-state index in [-0.39, 0.29) is 17.8 Å². The number of hydrogen-bond acceptors (Lipinski definition) is 4. The van der Waals surface area contributed by atoms with E-state index in [0.717, 1.165) is 30.0 Å². The van der Waals surface area contributed by atoms with Gasteiger partial charge >= 0.3 is 0 Å². The maximum Gasteiger partial charge on any atom is 0.270 e. The number of piperidine rings is 1. The van der Waals surface area contributed by atoms with Crippen LogP contribution in [-0.2, 0) is 6.42 Å². The smallest absolute Gasteiger partial charge is 0.270 e. The second kappa shape index (κ2) is 7.19. The van der Waals surface area contributed by atoms with Gasteiger partial charge in [-0.05, 0) is 44.0 Å². The van der Waals surface area contributed by atoms with E-state index in [9.17, 15) is 9.18 Å². The van der Waals surface area contributed by atoms with Crippen LogP contribution >= 0.6 is 11.3 Å². The molecular formula is C17H20FN3OS. The third-order valence-electron chi connectivity index (χ3n) is 4.01. The molecular weight excluding hydrogens is 313 g/mol. The molecule has 1 aliphatic heterocycles. The van der Waals surface area contributed by atoms with Crippen LogP contribution in [0.2, 0.25) is 0 Å². The standard InChI is InChI=1S/C17H20FN3OS/c1-11-8-14(6-7-19-11)20-17(22)15-10-23-16(21-15)9-12-2-4-13(18)5-3-12/h2-5,10-11,14,19H,6-9H2,1H3,(H,20,22). The molecule has 0 radical (unpaired) electrons. The Balaban J connectivity index is 1.59. The van der Waals surface area contributed by atoms with Gasteiger partial charge in [-0.3, -0.25) is 4.79 Å². The second-order valence-corrected chi connectivity index (χ2v) is 6.92. The van der Waals surface area contributed by atoms with Crippen LogP contribution in [0.15, 0.2) is 29.6 Å². The molecule has 122 valence electrons. The van der Waals surface area contributed by atoms with Crippen molar-refractivity contribution in [2.24, 2.45) is 0 Å². The van der Waals surface area contributed by atoms with Gasteiger partial charge in [-0.1, -0.05) is 12.1 Å². The van der Waals surface area contributed by atoms with Gasteiger partial charge in [0.25, 0.3) is 5.91 Å². The molecule has 2 atom stereocenters. The second-order valence-electron chi connectivity index (χ2n) is 5.98. The number of rotatable bonds is 4. The van der Waals surface area contributed by atoms with Gasteiger partial charge in [0.2, 0.25) is 0 Å². The van der Waals surface area contributed by atoms with Crippen molar-refractivity contribution in [3.8, 4) is 0 Å². The van der Waals surface area contributed by atoms with Gasteiger partial charge in [-0.15, -0.1) is 11.3 Å². The van der Waals surface area contributed by atoms with Crippen molar-refractivity contribution in [1.29, 1.82) is 0 Å². The van der Waals surface area contributed by atoms with Crippen LogP contribution in [0.5, 0.6) is 0 Å². The molecule has 1 amide bonds. The Hall–Kier alpha value is -1.79. The van der Waals surface area contributed by atoms with Crippen molar-refractivity contribution >= 4 is 17.2 Å². The third-order valence-corrected chi connectivity index (χ3v) is 4.86. The molecule has 0 saturated carbocycles. The molecule has 3 rings (SSSR count). The van der Waals surface area contributed by atoms with Crippen molar-refractivity contribution in [2.45, 2.75) is 38.3 Å². The topological polar surface area (TPSA) is 54.0 Å². The van der Waals surface area contributed by atoms with Gasteiger partial charge in [0.1, 0.15) is 11.5 Å². The minimum Gasteiger partial charge on any atom is -0.348 e. The van der Waals surface area contributed by atoms with Gasteiger partial charge in [0.05, 0.1) is 5.01 Å². The molecule has 6 heteroatoms. The van der Waals surface area contributed by atoms with E-state index in [4.69, 9.17) is 0 Å². The first-order chi connectivity index (χ1) is 11.1. The van der Waals surface area contributed by atoms with E-state index < -0.39 is 0 Å². The highest BCUT2D eigenvalue weighted by Crippen LogP contribution is 2.16. The molecule has 0 bridgehead atoms. The largest absolute Gasteiger partial charge is 0.348 e. The Kier molecular flexibility index (Phi) is 5.03. The monoisotopic (exact) mass is 333 g/mol. The lowest BCUT2D eigenvalue weighted by molar-refractivity contribution is 0.0921. The number of aromatic nitrogens is 1. The fourth-order valence-corrected chi connectivity index (χ4v) is 3.60. The molecule has 1 aromatic heterocycles. The molecule has 1 aliphatic rings. The van der Waals surface area contributed by atoms with Crippen LogP contribution in [0.1, 0.15) is 40.8 Å². The summed E-state index contributed by atoms with van der Waals surface area (Å²) in [5, 5.41) is 9.09. The lowest BCUT2D eigenvalue weighted by atomic mass is 10.0. The molecule has 1 saturated heterocycles. The minimum absolute atomic E-state index is 0.106. The highest BCUT2D eigenvalue weighted by Gasteiger charge is 2.21. The minimum atomic E-state index is -0.246. The van der Waals surface area contributed by atoms with Gasteiger partial charge in [0, 0.05) is 23.9 Å². The molecule has 1 fully saturated rings. The Labute approximate surface area is 139 Å². The number of nitrogens with one attached hydrogen (secondary N) is 2. The van der Waals surface area contributed by atoms with Crippen LogP contribution in [0.4, 0.5) is 4.39 Å². The first-order valence-corrected chi connectivity index (χ1v) is 8.71. The number of hydrogen-bond donors (Lipinski definition) is 2. The summed E-state index contributed by atoms with van der Waals surface area (Å²) in [6, 6.07) is 7.00. The summed E-state index contributed by atoms with van der Waals surface area (Å²) in [6.45, 7) is 3.06. The van der Waals surface area contributed by atoms with Gasteiger partial charge in [-0.25, -0.2) is 9.37 Å². The fraction of sp³-hybridized carbons (Fsp3) is 0.412. The highest BCUT2D eigenvalue weighted by molar-refractivity contribution is 7.09. The number of thiazole rings is 1. The molecule has 1 aromatic carbocycles. The summed E-state index contributed by atoms with van der Waals surface area (Å²) >= 11 is 1.46. The fourth-order valence-electron chi connectivity index (χ4n) is 2.80. The summed E-state index contributed by atoms with van der Waals surface area (Å²) in [7, 11) is 0. The SMILES string of the molecule is CC1CC(NC(=O)c2csc(Cc3ccc(F)cc3)n2)CCN1. The normalized spacial score (nSPS) is 21.1. The number of carbonyl (C=O) groups excluding carboxylic acids is 1. The number of nitrogens with zero attached hydrogens (tertiary/aromatic N) is 1. The van der Waals surface area contributed by atoms with Gasteiger partial charge in [-0.2, -0.15) is 0 Å². The maximum atomic E-state index is 12.9. The molecule has 23 heavy (non-hydrogen) atoms. The summed E-state index contributed by atoms with van der Waals surface area (Å²) < 4.78 is 12.9. The third kappa shape index (κ3) is 4.36. The van der Waals surface area contributed by atoms with Crippen molar-refractivity contribution < 1.29 is 9.18 Å². The average molecular weight is 333 g/mol. The van der Waals surface area contributed by atoms with E-state index in [0.29, 0.717) is 18.2 Å². The predicted octanol–water partition coefficient (Wildman–Crippen LogP) is 2.74. The average Bonchev–Trinajstić information content (AvgIpc) is 2.98. The number of benzene rings is 1. The lowest BCUT2D eigenvalue weighted by Gasteiger charge is -2.28. The Morgan fingerprint density at radius 1 is 1.43 bits per heavy atom. The molecule has 2 N–H and O–H groups in total. The van der Waals surface area contributed by atoms with E-state index in [1.54, 1.807) is 17.5 Å². The number of carbonyl (C=O) groups is 1. The van der Waals surface area contributed by atoms with Gasteiger partial charge < -0.3 is 10.6 Å². The summed E-state index contributed by atoms with van der Waals surface area (Å²) in [5.41, 5.74) is 1.46. The van der Waals surface area contributed by atoms with Crippen molar-refractivity contribution in [2.75, 3.05) is 6.54 Å². The van der Waals surface area contributed by atoms with Crippen LogP contribution in [0.3, 0.4) is 0 Å². The summed E-state index contributed by atoms with van der Waals surface area (Å²) in [5.74, 6) is -0.352. The van der Waals surface area contributed by atoms with Crippen molar-refractivity contribution in [3.05, 3.63) is 51.7 Å². The Bertz CT molecular complexity index is 671. The molecule has 0 spiro atoms. The molecule has 4 nitrogen and oxygen atoms in total. The Morgan fingerprint density at radius 3 is 2.96 bits per heavy atom. The highest BCUT2D eigenvalue weighted by atomic mass is 32.1. The van der Waals surface area contributed by atoms with Crippen molar-refractivity contribution in [1.82, 2.24) is 15.6 Å². The zero-order valence-corrected chi connectivity index (χ0v) is 13.8. The maximum absolute atomic E-state index is 12.9. The van der Waals surface area contributed by atoms with Crippen LogP contribution in [0.25, 0.3) is 0 Å². The van der Waals surface area contributed by atoms with Crippen LogP contribution < -0.4 is 10.6 Å². The zero-order valence-electron chi connectivity index (χ0n) is 13.0. The predicted molar refractivity (Wildman–Crippen MR) is 89.3 cm³/mol. The first-order valence-electron chi connectivity index (χ1n) is 7.83.